The van der Waals surface area contributed by atoms with Crippen LogP contribution in [0, 0.1) is 0 Å². The number of rotatable bonds is 10. The number of hydrogen-bond donors (Lipinski definition) is 2. The molecule has 1 aliphatic rings. The number of aromatic hydroxyl groups is 1. The van der Waals surface area contributed by atoms with E-state index < -0.39 is 0 Å². The largest absolute Gasteiger partial charge is 0.507 e. The van der Waals surface area contributed by atoms with Gasteiger partial charge in [0.05, 0.1) is 18.8 Å². The molecular formula is C26H30ClN3O4. The van der Waals surface area contributed by atoms with Gasteiger partial charge in [0, 0.05) is 29.3 Å². The number of nitrogens with one attached hydrogen (secondary N) is 1. The van der Waals surface area contributed by atoms with E-state index in [0.717, 1.165) is 23.3 Å². The third-order valence-electron chi connectivity index (χ3n) is 5.74. The number of amides is 1. The van der Waals surface area contributed by atoms with E-state index >= 15 is 0 Å². The van der Waals surface area contributed by atoms with E-state index in [0.29, 0.717) is 48.2 Å². The second-order valence-electron chi connectivity index (χ2n) is 8.61. The van der Waals surface area contributed by atoms with Gasteiger partial charge in [-0.2, -0.15) is 5.10 Å². The maximum atomic E-state index is 13.4. The number of ether oxygens (including phenoxy) is 2. The molecule has 2 N–H and O–H groups in total. The van der Waals surface area contributed by atoms with Crippen LogP contribution in [0.2, 0.25) is 5.02 Å². The third-order valence-corrected chi connectivity index (χ3v) is 5.98. The van der Waals surface area contributed by atoms with E-state index in [1.165, 1.54) is 6.07 Å². The number of benzene rings is 2. The zero-order valence-electron chi connectivity index (χ0n) is 19.7. The molecule has 1 aliphatic heterocycles. The van der Waals surface area contributed by atoms with Gasteiger partial charge in [-0.05, 0) is 62.6 Å². The number of halogens is 1. The lowest BCUT2D eigenvalue weighted by Gasteiger charge is -2.27. The van der Waals surface area contributed by atoms with E-state index in [1.807, 2.05) is 43.0 Å². The molecule has 0 saturated heterocycles. The predicted octanol–water partition coefficient (Wildman–Crippen LogP) is 5.58. The fourth-order valence-electron chi connectivity index (χ4n) is 4.20. The van der Waals surface area contributed by atoms with Gasteiger partial charge in [0.15, 0.2) is 0 Å². The van der Waals surface area contributed by atoms with E-state index in [4.69, 9.17) is 21.1 Å². The van der Waals surface area contributed by atoms with Crippen molar-refractivity contribution in [2.75, 3.05) is 19.8 Å². The smallest absolute Gasteiger partial charge is 0.273 e. The maximum absolute atomic E-state index is 13.4. The van der Waals surface area contributed by atoms with Crippen LogP contribution in [-0.2, 0) is 4.74 Å². The van der Waals surface area contributed by atoms with Crippen LogP contribution in [0.1, 0.15) is 61.3 Å². The molecule has 0 bridgehead atoms. The first kappa shape index (κ1) is 24.1. The van der Waals surface area contributed by atoms with Gasteiger partial charge in [0.2, 0.25) is 0 Å². The van der Waals surface area contributed by atoms with Crippen molar-refractivity contribution in [3.8, 4) is 22.8 Å². The summed E-state index contributed by atoms with van der Waals surface area (Å²) in [7, 11) is 0. The highest BCUT2D eigenvalue weighted by atomic mass is 35.5. The summed E-state index contributed by atoms with van der Waals surface area (Å²) in [6.45, 7) is 7.78. The number of nitrogens with zero attached hydrogens (tertiary/aromatic N) is 2. The SMILES string of the molecule is CCCOc1ccc(C2c3c(-c4cc(Cl)ccc4O)n[nH]c3C(=O)N2CCCOC(C)C)cc1. The molecule has 0 aliphatic carbocycles. The summed E-state index contributed by atoms with van der Waals surface area (Å²) in [4.78, 5) is 15.2. The number of fused-ring (bicyclic) bond motifs is 1. The normalized spacial score (nSPS) is 15.3. The number of H-pyrrole nitrogens is 1. The molecule has 180 valence electrons. The molecule has 2 heterocycles. The van der Waals surface area contributed by atoms with Crippen LogP contribution in [0.15, 0.2) is 42.5 Å². The lowest BCUT2D eigenvalue weighted by atomic mass is 9.95. The predicted molar refractivity (Wildman–Crippen MR) is 132 cm³/mol. The van der Waals surface area contributed by atoms with Crippen molar-refractivity contribution in [2.24, 2.45) is 0 Å². The van der Waals surface area contributed by atoms with E-state index in [1.54, 1.807) is 12.1 Å². The third kappa shape index (κ3) is 4.91. The summed E-state index contributed by atoms with van der Waals surface area (Å²) in [5, 5.41) is 18.3. The molecule has 0 saturated carbocycles. The van der Waals surface area contributed by atoms with E-state index in [9.17, 15) is 9.90 Å². The van der Waals surface area contributed by atoms with Crippen molar-refractivity contribution in [3.05, 3.63) is 64.3 Å². The van der Waals surface area contributed by atoms with Crippen molar-refractivity contribution in [1.29, 1.82) is 0 Å². The van der Waals surface area contributed by atoms with E-state index in [-0.39, 0.29) is 23.8 Å². The first-order chi connectivity index (χ1) is 16.4. The zero-order chi connectivity index (χ0) is 24.2. The van der Waals surface area contributed by atoms with Gasteiger partial charge in [0.1, 0.15) is 22.9 Å². The Bertz CT molecular complexity index is 1140. The van der Waals surface area contributed by atoms with Gasteiger partial charge in [0.25, 0.3) is 5.91 Å². The number of carbonyl (C=O) groups is 1. The average molecular weight is 484 g/mol. The minimum absolute atomic E-state index is 0.0528. The molecule has 0 radical (unpaired) electrons. The Morgan fingerprint density at radius 1 is 1.18 bits per heavy atom. The highest BCUT2D eigenvalue weighted by Gasteiger charge is 2.42. The highest BCUT2D eigenvalue weighted by molar-refractivity contribution is 6.31. The average Bonchev–Trinajstić information content (AvgIpc) is 3.36. The van der Waals surface area contributed by atoms with Crippen LogP contribution < -0.4 is 4.74 Å². The molecule has 0 spiro atoms. The second-order valence-corrected chi connectivity index (χ2v) is 9.05. The first-order valence-corrected chi connectivity index (χ1v) is 12.0. The minimum atomic E-state index is -0.367. The van der Waals surface area contributed by atoms with Crippen LogP contribution >= 0.6 is 11.6 Å². The summed E-state index contributed by atoms with van der Waals surface area (Å²) < 4.78 is 11.4. The molecule has 2 aromatic carbocycles. The van der Waals surface area contributed by atoms with Gasteiger partial charge < -0.3 is 19.5 Å². The number of hydrogen-bond acceptors (Lipinski definition) is 5. The van der Waals surface area contributed by atoms with Crippen LogP contribution in [0.5, 0.6) is 11.5 Å². The molecule has 1 aromatic heterocycles. The summed E-state index contributed by atoms with van der Waals surface area (Å²) >= 11 is 6.21. The van der Waals surface area contributed by atoms with Gasteiger partial charge in [-0.25, -0.2) is 0 Å². The monoisotopic (exact) mass is 483 g/mol. The van der Waals surface area contributed by atoms with Crippen molar-refractivity contribution < 1.29 is 19.4 Å². The molecule has 1 unspecified atom stereocenters. The first-order valence-electron chi connectivity index (χ1n) is 11.6. The van der Waals surface area contributed by atoms with Gasteiger partial charge >= 0.3 is 0 Å². The van der Waals surface area contributed by atoms with Crippen LogP contribution in [0.3, 0.4) is 0 Å². The summed E-state index contributed by atoms with van der Waals surface area (Å²) in [6, 6.07) is 12.2. The Morgan fingerprint density at radius 2 is 1.94 bits per heavy atom. The van der Waals surface area contributed by atoms with Crippen LogP contribution in [0.25, 0.3) is 11.3 Å². The Labute approximate surface area is 204 Å². The summed E-state index contributed by atoms with van der Waals surface area (Å²) in [6.07, 6.45) is 1.76. The number of aromatic amines is 1. The fraction of sp³-hybridized carbons (Fsp3) is 0.385. The standard InChI is InChI=1S/C26H30ClN3O4/c1-4-13-34-19-9-6-17(7-10-19)25-22-23(20-15-18(27)8-11-21(20)31)28-29-24(22)26(32)30(25)12-5-14-33-16(2)3/h6-11,15-16,25,31H,4-5,12-14H2,1-3H3,(H,28,29). The van der Waals surface area contributed by atoms with Crippen molar-refractivity contribution in [1.82, 2.24) is 15.1 Å². The number of aromatic nitrogens is 2. The quantitative estimate of drug-likeness (QED) is 0.367. The van der Waals surface area contributed by atoms with Crippen molar-refractivity contribution in [3.63, 3.8) is 0 Å². The molecule has 1 amide bonds. The molecule has 8 heteroatoms. The fourth-order valence-corrected chi connectivity index (χ4v) is 4.37. The van der Waals surface area contributed by atoms with Crippen LogP contribution in [0.4, 0.5) is 0 Å². The van der Waals surface area contributed by atoms with Crippen LogP contribution in [-0.4, -0.2) is 52.0 Å². The summed E-state index contributed by atoms with van der Waals surface area (Å²) in [5.41, 5.74) is 3.09. The Balaban J connectivity index is 1.73. The van der Waals surface area contributed by atoms with Gasteiger partial charge in [-0.15, -0.1) is 0 Å². The van der Waals surface area contributed by atoms with Crippen molar-refractivity contribution in [2.45, 2.75) is 45.8 Å². The molecule has 1 atom stereocenters. The second kappa shape index (κ2) is 10.5. The lowest BCUT2D eigenvalue weighted by Crippen LogP contribution is -2.31. The summed E-state index contributed by atoms with van der Waals surface area (Å²) in [5.74, 6) is 0.708. The molecule has 3 aromatic rings. The molecular weight excluding hydrogens is 454 g/mol. The number of phenols is 1. The minimum Gasteiger partial charge on any atom is -0.507 e. The Hall–Kier alpha value is -3.03. The van der Waals surface area contributed by atoms with E-state index in [2.05, 4.69) is 17.1 Å². The topological polar surface area (TPSA) is 87.7 Å². The molecule has 0 fully saturated rings. The molecule has 34 heavy (non-hydrogen) atoms. The lowest BCUT2D eigenvalue weighted by molar-refractivity contribution is 0.0601. The Kier molecular flexibility index (Phi) is 7.44. The maximum Gasteiger partial charge on any atom is 0.273 e. The zero-order valence-corrected chi connectivity index (χ0v) is 20.4. The Morgan fingerprint density at radius 3 is 2.65 bits per heavy atom. The molecule has 7 nitrogen and oxygen atoms in total. The number of carbonyl (C=O) groups excluding carboxylic acids is 1. The van der Waals surface area contributed by atoms with Gasteiger partial charge in [-0.3, -0.25) is 9.89 Å². The van der Waals surface area contributed by atoms with Crippen molar-refractivity contribution >= 4 is 17.5 Å². The molecule has 4 rings (SSSR count). The van der Waals surface area contributed by atoms with Gasteiger partial charge in [-0.1, -0.05) is 30.7 Å². The highest BCUT2D eigenvalue weighted by Crippen LogP contribution is 2.45. The number of phenolic OH excluding ortho intramolecular Hbond substituents is 1.